The Labute approximate surface area is 135 Å². The molecule has 2 aromatic rings. The minimum Gasteiger partial charge on any atom is -0.340 e. The van der Waals surface area contributed by atoms with E-state index in [0.717, 1.165) is 20.8 Å². The molecule has 0 atom stereocenters. The van der Waals surface area contributed by atoms with Crippen molar-refractivity contribution in [2.45, 2.75) is 20.8 Å². The van der Waals surface area contributed by atoms with E-state index in [0.29, 0.717) is 13.1 Å². The van der Waals surface area contributed by atoms with Crippen molar-refractivity contribution in [1.82, 2.24) is 14.7 Å². The molecule has 2 aromatic heterocycles. The first-order chi connectivity index (χ1) is 9.25. The molecule has 118 valence electrons. The first kappa shape index (κ1) is 17.9. The van der Waals surface area contributed by atoms with Gasteiger partial charge in [-0.15, -0.1) is 23.7 Å². The summed E-state index contributed by atoms with van der Waals surface area (Å²) in [6.45, 7) is 7.30. The van der Waals surface area contributed by atoms with Gasteiger partial charge in [-0.3, -0.25) is 9.48 Å². The molecule has 0 saturated carbocycles. The van der Waals surface area contributed by atoms with Gasteiger partial charge in [-0.05, 0) is 24.9 Å². The first-order valence-electron chi connectivity index (χ1n) is 6.64. The van der Waals surface area contributed by atoms with Gasteiger partial charge >= 0.3 is 0 Å². The number of hydrogen-bond donors (Lipinski definition) is 1. The van der Waals surface area contributed by atoms with Crippen LogP contribution in [0.2, 0.25) is 0 Å². The minimum absolute atomic E-state index is 0. The van der Waals surface area contributed by atoms with Crippen LogP contribution < -0.4 is 5.73 Å². The number of rotatable bonds is 4. The topological polar surface area (TPSA) is 64.2 Å². The molecule has 0 unspecified atom stereocenters. The number of amides is 1. The summed E-state index contributed by atoms with van der Waals surface area (Å²) in [5.41, 5.74) is 6.62. The van der Waals surface area contributed by atoms with E-state index in [2.05, 4.69) is 18.9 Å². The zero-order chi connectivity index (χ0) is 15.1. The lowest BCUT2D eigenvalue weighted by molar-refractivity contribution is 0.0745. The number of thiophene rings is 1. The van der Waals surface area contributed by atoms with Crippen molar-refractivity contribution < 1.29 is 4.79 Å². The fraction of sp³-hybridized carbons (Fsp3) is 0.571. The van der Waals surface area contributed by atoms with Gasteiger partial charge in [0.1, 0.15) is 4.83 Å². The number of nitrogens with two attached hydrogens (primary N) is 1. The molecule has 1 amide bonds. The average Bonchev–Trinajstić information content (AvgIpc) is 2.91. The van der Waals surface area contributed by atoms with Crippen molar-refractivity contribution >= 4 is 39.9 Å². The molecule has 0 bridgehead atoms. The number of nitrogens with zero attached hydrogens (tertiary/aromatic N) is 3. The Hall–Kier alpha value is -1.11. The summed E-state index contributed by atoms with van der Waals surface area (Å²) in [4.78, 5) is 16.0. The Kier molecular flexibility index (Phi) is 5.41. The van der Waals surface area contributed by atoms with Crippen LogP contribution in [0.15, 0.2) is 6.07 Å². The number of carbonyl (C=O) groups is 1. The van der Waals surface area contributed by atoms with Gasteiger partial charge < -0.3 is 10.6 Å². The van der Waals surface area contributed by atoms with Crippen LogP contribution in [0, 0.1) is 12.3 Å². The van der Waals surface area contributed by atoms with E-state index < -0.39 is 0 Å². The highest BCUT2D eigenvalue weighted by Crippen LogP contribution is 2.28. The Morgan fingerprint density at radius 3 is 2.67 bits per heavy atom. The Morgan fingerprint density at radius 1 is 1.52 bits per heavy atom. The predicted molar refractivity (Wildman–Crippen MR) is 90.4 cm³/mol. The monoisotopic (exact) mass is 330 g/mol. The van der Waals surface area contributed by atoms with Gasteiger partial charge in [0.2, 0.25) is 0 Å². The maximum Gasteiger partial charge on any atom is 0.263 e. The lowest BCUT2D eigenvalue weighted by Crippen LogP contribution is -2.39. The minimum atomic E-state index is -0.0709. The highest BCUT2D eigenvalue weighted by molar-refractivity contribution is 7.20. The molecular formula is C14H23ClN4OS. The summed E-state index contributed by atoms with van der Waals surface area (Å²) >= 11 is 1.49. The average molecular weight is 331 g/mol. The summed E-state index contributed by atoms with van der Waals surface area (Å²) in [5, 5.41) is 5.42. The molecule has 2 N–H and O–H groups in total. The van der Waals surface area contributed by atoms with E-state index in [-0.39, 0.29) is 23.7 Å². The van der Waals surface area contributed by atoms with Crippen LogP contribution in [-0.4, -0.2) is 40.7 Å². The number of fused-ring (bicyclic) bond motifs is 1. The van der Waals surface area contributed by atoms with E-state index in [1.165, 1.54) is 11.3 Å². The molecule has 7 heteroatoms. The maximum absolute atomic E-state index is 12.5. The third-order valence-electron chi connectivity index (χ3n) is 3.47. The maximum atomic E-state index is 12.5. The fourth-order valence-corrected chi connectivity index (χ4v) is 3.39. The second-order valence-electron chi connectivity index (χ2n) is 6.07. The normalized spacial score (nSPS) is 11.5. The van der Waals surface area contributed by atoms with Gasteiger partial charge in [0.25, 0.3) is 5.91 Å². The van der Waals surface area contributed by atoms with E-state index in [1.807, 2.05) is 31.8 Å². The summed E-state index contributed by atoms with van der Waals surface area (Å²) in [5.74, 6) is 0.0483. The molecule has 2 rings (SSSR count). The van der Waals surface area contributed by atoms with Crippen molar-refractivity contribution in [3.05, 3.63) is 16.6 Å². The molecule has 0 saturated heterocycles. The van der Waals surface area contributed by atoms with E-state index in [4.69, 9.17) is 5.73 Å². The molecular weight excluding hydrogens is 308 g/mol. The van der Waals surface area contributed by atoms with Crippen molar-refractivity contribution in [3.63, 3.8) is 0 Å². The van der Waals surface area contributed by atoms with Crippen LogP contribution in [0.1, 0.15) is 29.2 Å². The number of aromatic nitrogens is 2. The van der Waals surface area contributed by atoms with Gasteiger partial charge in [-0.1, -0.05) is 13.8 Å². The van der Waals surface area contributed by atoms with Gasteiger partial charge in [0.15, 0.2) is 0 Å². The van der Waals surface area contributed by atoms with Crippen LogP contribution in [0.5, 0.6) is 0 Å². The molecule has 0 aliphatic heterocycles. The number of carbonyl (C=O) groups excluding carboxylic acids is 1. The zero-order valence-corrected chi connectivity index (χ0v) is 14.8. The van der Waals surface area contributed by atoms with E-state index in [1.54, 1.807) is 4.90 Å². The fourth-order valence-electron chi connectivity index (χ4n) is 2.28. The Bertz CT molecular complexity index is 612. The van der Waals surface area contributed by atoms with Crippen LogP contribution in [-0.2, 0) is 7.05 Å². The standard InChI is InChI=1S/C14H22N4OS.ClH/c1-9-10-6-11(20-13(10)18(5)16-9)12(19)17(4)8-14(2,3)7-15;/h6H,7-8,15H2,1-5H3;1H. The summed E-state index contributed by atoms with van der Waals surface area (Å²) in [6.07, 6.45) is 0. The lowest BCUT2D eigenvalue weighted by atomic mass is 9.93. The largest absolute Gasteiger partial charge is 0.340 e. The Balaban J connectivity index is 0.00000220. The summed E-state index contributed by atoms with van der Waals surface area (Å²) < 4.78 is 1.83. The van der Waals surface area contributed by atoms with Gasteiger partial charge in [0, 0.05) is 26.0 Å². The molecule has 0 fully saturated rings. The van der Waals surface area contributed by atoms with Crippen molar-refractivity contribution in [1.29, 1.82) is 0 Å². The third kappa shape index (κ3) is 3.56. The van der Waals surface area contributed by atoms with Crippen LogP contribution in [0.4, 0.5) is 0 Å². The highest BCUT2D eigenvalue weighted by atomic mass is 35.5. The zero-order valence-electron chi connectivity index (χ0n) is 13.1. The smallest absolute Gasteiger partial charge is 0.263 e. The van der Waals surface area contributed by atoms with Crippen molar-refractivity contribution in [2.24, 2.45) is 18.2 Å². The highest BCUT2D eigenvalue weighted by Gasteiger charge is 2.23. The third-order valence-corrected chi connectivity index (χ3v) is 4.66. The predicted octanol–water partition coefficient (Wildman–Crippen LogP) is 2.42. The number of hydrogen-bond acceptors (Lipinski definition) is 4. The van der Waals surface area contributed by atoms with Crippen molar-refractivity contribution in [3.8, 4) is 0 Å². The van der Waals surface area contributed by atoms with Gasteiger partial charge in [-0.2, -0.15) is 5.10 Å². The molecule has 21 heavy (non-hydrogen) atoms. The van der Waals surface area contributed by atoms with Crippen LogP contribution in [0.25, 0.3) is 10.2 Å². The first-order valence-corrected chi connectivity index (χ1v) is 7.45. The van der Waals surface area contributed by atoms with Gasteiger partial charge in [0.05, 0.1) is 10.6 Å². The second-order valence-corrected chi connectivity index (χ2v) is 7.10. The molecule has 0 radical (unpaired) electrons. The molecule has 0 aromatic carbocycles. The SMILES string of the molecule is Cc1nn(C)c2sc(C(=O)N(C)CC(C)(C)CN)cc12.Cl. The van der Waals surface area contributed by atoms with E-state index in [9.17, 15) is 4.79 Å². The summed E-state index contributed by atoms with van der Waals surface area (Å²) in [7, 11) is 3.73. The van der Waals surface area contributed by atoms with Crippen molar-refractivity contribution in [2.75, 3.05) is 20.1 Å². The molecule has 0 aliphatic carbocycles. The Morgan fingerprint density at radius 2 is 2.14 bits per heavy atom. The second kappa shape index (κ2) is 6.34. The molecule has 5 nitrogen and oxygen atoms in total. The molecule has 0 aliphatic rings. The lowest BCUT2D eigenvalue weighted by Gasteiger charge is -2.28. The summed E-state index contributed by atoms with van der Waals surface area (Å²) in [6, 6.07) is 1.94. The van der Waals surface area contributed by atoms with E-state index >= 15 is 0 Å². The quantitative estimate of drug-likeness (QED) is 0.936. The number of halogens is 1. The molecule has 0 spiro atoms. The van der Waals surface area contributed by atoms with Crippen LogP contribution >= 0.6 is 23.7 Å². The molecule has 2 heterocycles. The number of aryl methyl sites for hydroxylation is 2. The van der Waals surface area contributed by atoms with Gasteiger partial charge in [-0.25, -0.2) is 0 Å². The van der Waals surface area contributed by atoms with Crippen LogP contribution in [0.3, 0.4) is 0 Å².